The Morgan fingerprint density at radius 3 is 2.04 bits per heavy atom. The zero-order chi connectivity index (χ0) is 19.4. The molecule has 0 atom stereocenters. The highest BCUT2D eigenvalue weighted by Gasteiger charge is 2.30. The number of methoxy groups -OCH3 is 3. The SMILES string of the molecule is COC(=O)c1nn(-c2ccccc2)c(-c2ccc(OC)cc2)c1C(=O)OC. The Hall–Kier alpha value is -3.61. The number of esters is 2. The van der Waals surface area contributed by atoms with E-state index in [0.29, 0.717) is 22.7 Å². The van der Waals surface area contributed by atoms with E-state index in [0.717, 1.165) is 0 Å². The zero-order valence-electron chi connectivity index (χ0n) is 15.1. The molecule has 0 aliphatic heterocycles. The molecule has 0 fully saturated rings. The number of aromatic nitrogens is 2. The molecule has 7 nitrogen and oxygen atoms in total. The fraction of sp³-hybridized carbons (Fsp3) is 0.150. The molecule has 1 aromatic heterocycles. The topological polar surface area (TPSA) is 79.6 Å². The number of ether oxygens (including phenoxy) is 3. The first kappa shape index (κ1) is 18.2. The second-order valence-electron chi connectivity index (χ2n) is 5.53. The molecule has 0 unspecified atom stereocenters. The van der Waals surface area contributed by atoms with Gasteiger partial charge in [0.2, 0.25) is 0 Å². The molecule has 0 bridgehead atoms. The van der Waals surface area contributed by atoms with Crippen molar-refractivity contribution in [2.75, 3.05) is 21.3 Å². The normalized spacial score (nSPS) is 10.3. The van der Waals surface area contributed by atoms with Gasteiger partial charge in [0.1, 0.15) is 11.3 Å². The molecule has 0 spiro atoms. The van der Waals surface area contributed by atoms with Gasteiger partial charge in [0.05, 0.1) is 32.7 Å². The van der Waals surface area contributed by atoms with E-state index in [-0.39, 0.29) is 11.3 Å². The maximum Gasteiger partial charge on any atom is 0.359 e. The molecule has 27 heavy (non-hydrogen) atoms. The molecule has 0 aliphatic carbocycles. The van der Waals surface area contributed by atoms with Crippen molar-refractivity contribution in [2.24, 2.45) is 0 Å². The monoisotopic (exact) mass is 366 g/mol. The van der Waals surface area contributed by atoms with Crippen LogP contribution in [0.2, 0.25) is 0 Å². The van der Waals surface area contributed by atoms with Crippen LogP contribution in [0.15, 0.2) is 54.6 Å². The number of rotatable bonds is 5. The van der Waals surface area contributed by atoms with Gasteiger partial charge in [0.15, 0.2) is 5.69 Å². The lowest BCUT2D eigenvalue weighted by atomic mass is 10.0. The van der Waals surface area contributed by atoms with Gasteiger partial charge in [0, 0.05) is 5.56 Å². The van der Waals surface area contributed by atoms with E-state index < -0.39 is 11.9 Å². The van der Waals surface area contributed by atoms with Crippen molar-refractivity contribution in [3.63, 3.8) is 0 Å². The van der Waals surface area contributed by atoms with Crippen LogP contribution in [0.5, 0.6) is 5.75 Å². The molecule has 0 aliphatic rings. The van der Waals surface area contributed by atoms with Crippen LogP contribution in [0.1, 0.15) is 20.8 Å². The second kappa shape index (κ2) is 7.74. The molecule has 1 heterocycles. The summed E-state index contributed by atoms with van der Waals surface area (Å²) < 4.78 is 16.4. The smallest absolute Gasteiger partial charge is 0.359 e. The fourth-order valence-electron chi connectivity index (χ4n) is 2.72. The van der Waals surface area contributed by atoms with Crippen molar-refractivity contribution in [1.82, 2.24) is 9.78 Å². The Morgan fingerprint density at radius 1 is 0.852 bits per heavy atom. The zero-order valence-corrected chi connectivity index (χ0v) is 15.1. The third-order valence-electron chi connectivity index (χ3n) is 4.02. The highest BCUT2D eigenvalue weighted by Crippen LogP contribution is 2.31. The van der Waals surface area contributed by atoms with Gasteiger partial charge in [-0.25, -0.2) is 14.3 Å². The number of para-hydroxylation sites is 1. The average Bonchev–Trinajstić information content (AvgIpc) is 3.14. The minimum atomic E-state index is -0.722. The highest BCUT2D eigenvalue weighted by molar-refractivity contribution is 6.06. The number of hydrogen-bond acceptors (Lipinski definition) is 6. The number of carbonyl (C=O) groups is 2. The number of hydrogen-bond donors (Lipinski definition) is 0. The van der Waals surface area contributed by atoms with Crippen molar-refractivity contribution >= 4 is 11.9 Å². The summed E-state index contributed by atoms with van der Waals surface area (Å²) in [6, 6.07) is 16.3. The molecule has 0 saturated heterocycles. The van der Waals surface area contributed by atoms with Gasteiger partial charge in [0.25, 0.3) is 0 Å². The summed E-state index contributed by atoms with van der Waals surface area (Å²) in [7, 11) is 4.05. The van der Waals surface area contributed by atoms with Crippen LogP contribution < -0.4 is 4.74 Å². The Bertz CT molecular complexity index is 962. The first-order valence-electron chi connectivity index (χ1n) is 8.10. The average molecular weight is 366 g/mol. The van der Waals surface area contributed by atoms with Crippen molar-refractivity contribution in [3.8, 4) is 22.7 Å². The van der Waals surface area contributed by atoms with Crippen LogP contribution in [0.25, 0.3) is 16.9 Å². The van der Waals surface area contributed by atoms with Gasteiger partial charge in [-0.3, -0.25) is 0 Å². The molecule has 3 aromatic rings. The number of nitrogens with zero attached hydrogens (tertiary/aromatic N) is 2. The summed E-state index contributed by atoms with van der Waals surface area (Å²) >= 11 is 0. The van der Waals surface area contributed by atoms with Gasteiger partial charge in [-0.2, -0.15) is 5.10 Å². The highest BCUT2D eigenvalue weighted by atomic mass is 16.5. The van der Waals surface area contributed by atoms with Crippen LogP contribution in [0.4, 0.5) is 0 Å². The fourth-order valence-corrected chi connectivity index (χ4v) is 2.72. The standard InChI is InChI=1S/C20H18N2O5/c1-25-15-11-9-13(10-12-15)18-16(19(23)26-2)17(20(24)27-3)21-22(18)14-7-5-4-6-8-14/h4-12H,1-3H3. The number of carbonyl (C=O) groups excluding carboxylic acids is 2. The van der Waals surface area contributed by atoms with Crippen molar-refractivity contribution in [1.29, 1.82) is 0 Å². The van der Waals surface area contributed by atoms with E-state index in [1.165, 1.54) is 18.9 Å². The summed E-state index contributed by atoms with van der Waals surface area (Å²) in [5.74, 6) is -0.736. The third-order valence-corrected chi connectivity index (χ3v) is 4.02. The summed E-state index contributed by atoms with van der Waals surface area (Å²) in [6.45, 7) is 0. The molecule has 0 radical (unpaired) electrons. The molecule has 138 valence electrons. The van der Waals surface area contributed by atoms with Crippen molar-refractivity contribution in [3.05, 3.63) is 65.9 Å². The van der Waals surface area contributed by atoms with Crippen LogP contribution in [-0.4, -0.2) is 43.0 Å². The van der Waals surface area contributed by atoms with E-state index in [9.17, 15) is 9.59 Å². The van der Waals surface area contributed by atoms with E-state index in [4.69, 9.17) is 14.2 Å². The summed E-state index contributed by atoms with van der Waals surface area (Å²) in [4.78, 5) is 24.8. The predicted molar refractivity (Wildman–Crippen MR) is 98.2 cm³/mol. The molecule has 7 heteroatoms. The Kier molecular flexibility index (Phi) is 5.21. The van der Waals surface area contributed by atoms with E-state index in [2.05, 4.69) is 5.10 Å². The lowest BCUT2D eigenvalue weighted by Gasteiger charge is -2.10. The van der Waals surface area contributed by atoms with Crippen LogP contribution in [0.3, 0.4) is 0 Å². The first-order chi connectivity index (χ1) is 13.1. The van der Waals surface area contributed by atoms with Crippen molar-refractivity contribution in [2.45, 2.75) is 0 Å². The van der Waals surface area contributed by atoms with Gasteiger partial charge in [-0.1, -0.05) is 18.2 Å². The maximum atomic E-state index is 12.5. The number of benzene rings is 2. The van der Waals surface area contributed by atoms with Crippen LogP contribution in [0, 0.1) is 0 Å². The minimum Gasteiger partial charge on any atom is -0.497 e. The van der Waals surface area contributed by atoms with Crippen molar-refractivity contribution < 1.29 is 23.8 Å². The summed E-state index contributed by atoms with van der Waals surface area (Å²) in [5.41, 5.74) is 1.71. The van der Waals surface area contributed by atoms with Gasteiger partial charge >= 0.3 is 11.9 Å². The van der Waals surface area contributed by atoms with Gasteiger partial charge in [-0.15, -0.1) is 0 Å². The quantitative estimate of drug-likeness (QED) is 0.646. The predicted octanol–water partition coefficient (Wildman–Crippen LogP) is 3.12. The molecule has 0 saturated carbocycles. The lowest BCUT2D eigenvalue weighted by molar-refractivity contribution is 0.0552. The maximum absolute atomic E-state index is 12.5. The lowest BCUT2D eigenvalue weighted by Crippen LogP contribution is -2.11. The molecule has 2 aromatic carbocycles. The Balaban J connectivity index is 2.33. The second-order valence-corrected chi connectivity index (χ2v) is 5.53. The molecular formula is C20H18N2O5. The Labute approximate surface area is 156 Å². The van der Waals surface area contributed by atoms with E-state index >= 15 is 0 Å². The van der Waals surface area contributed by atoms with Gasteiger partial charge < -0.3 is 14.2 Å². The largest absolute Gasteiger partial charge is 0.497 e. The van der Waals surface area contributed by atoms with E-state index in [1.807, 2.05) is 30.3 Å². The van der Waals surface area contributed by atoms with Crippen LogP contribution >= 0.6 is 0 Å². The molecule has 0 amide bonds. The van der Waals surface area contributed by atoms with E-state index in [1.54, 1.807) is 31.4 Å². The summed E-state index contributed by atoms with van der Waals surface area (Å²) in [6.07, 6.45) is 0. The third kappa shape index (κ3) is 3.39. The van der Waals surface area contributed by atoms with Crippen LogP contribution in [-0.2, 0) is 9.47 Å². The van der Waals surface area contributed by atoms with Gasteiger partial charge in [-0.05, 0) is 36.4 Å². The molecule has 0 N–H and O–H groups in total. The minimum absolute atomic E-state index is 0.0402. The Morgan fingerprint density at radius 2 is 1.48 bits per heavy atom. The molecule has 3 rings (SSSR count). The summed E-state index contributed by atoms with van der Waals surface area (Å²) in [5, 5.41) is 4.35. The first-order valence-corrected chi connectivity index (χ1v) is 8.10. The molecular weight excluding hydrogens is 348 g/mol.